The van der Waals surface area contributed by atoms with E-state index in [1.165, 1.54) is 5.56 Å². The van der Waals surface area contributed by atoms with Crippen molar-refractivity contribution in [3.05, 3.63) is 65.2 Å². The molecule has 0 atom stereocenters. The molecule has 3 rings (SSSR count). The highest BCUT2D eigenvalue weighted by Crippen LogP contribution is 2.20. The van der Waals surface area contributed by atoms with Crippen LogP contribution in [0.2, 0.25) is 0 Å². The number of methoxy groups -OCH3 is 2. The van der Waals surface area contributed by atoms with E-state index in [-0.39, 0.29) is 5.91 Å². The van der Waals surface area contributed by atoms with Gasteiger partial charge < -0.3 is 14.8 Å². The van der Waals surface area contributed by atoms with E-state index >= 15 is 0 Å². The standard InChI is InChI=1S/C23H30N2O3/c1-27-17-20-5-3-4-6-22(20)23(26)24-15-18-11-13-25(14-12-18)16-19-7-9-21(28-2)10-8-19/h3-10,18H,11-17H2,1-2H3,(H,24,26). The van der Waals surface area contributed by atoms with Crippen LogP contribution in [0.1, 0.15) is 34.3 Å². The summed E-state index contributed by atoms with van der Waals surface area (Å²) in [5, 5.41) is 3.12. The minimum absolute atomic E-state index is 0.00619. The third-order valence-corrected chi connectivity index (χ3v) is 5.39. The van der Waals surface area contributed by atoms with Crippen LogP contribution in [0.15, 0.2) is 48.5 Å². The average Bonchev–Trinajstić information content (AvgIpc) is 2.74. The number of rotatable bonds is 8. The Hall–Kier alpha value is -2.37. The van der Waals surface area contributed by atoms with Crippen LogP contribution >= 0.6 is 0 Å². The van der Waals surface area contributed by atoms with Gasteiger partial charge in [-0.3, -0.25) is 9.69 Å². The van der Waals surface area contributed by atoms with Crippen molar-refractivity contribution in [3.8, 4) is 5.75 Å². The number of piperidine rings is 1. The summed E-state index contributed by atoms with van der Waals surface area (Å²) in [7, 11) is 3.34. The fourth-order valence-corrected chi connectivity index (χ4v) is 3.69. The molecule has 28 heavy (non-hydrogen) atoms. The summed E-state index contributed by atoms with van der Waals surface area (Å²) in [4.78, 5) is 15.0. The van der Waals surface area contributed by atoms with Gasteiger partial charge in [0.1, 0.15) is 5.75 Å². The maximum atomic E-state index is 12.6. The Morgan fingerprint density at radius 1 is 1.07 bits per heavy atom. The molecular weight excluding hydrogens is 352 g/mol. The van der Waals surface area contributed by atoms with Crippen LogP contribution in [0, 0.1) is 5.92 Å². The summed E-state index contributed by atoms with van der Waals surface area (Å²) in [6.45, 7) is 4.27. The largest absolute Gasteiger partial charge is 0.497 e. The highest BCUT2D eigenvalue weighted by molar-refractivity contribution is 5.95. The second-order valence-corrected chi connectivity index (χ2v) is 7.37. The van der Waals surface area contributed by atoms with E-state index in [9.17, 15) is 4.79 Å². The van der Waals surface area contributed by atoms with E-state index in [0.717, 1.165) is 50.3 Å². The van der Waals surface area contributed by atoms with Crippen molar-refractivity contribution in [2.45, 2.75) is 26.0 Å². The van der Waals surface area contributed by atoms with Crippen molar-refractivity contribution in [3.63, 3.8) is 0 Å². The van der Waals surface area contributed by atoms with Gasteiger partial charge in [0.15, 0.2) is 0 Å². The third-order valence-electron chi connectivity index (χ3n) is 5.39. The zero-order valence-corrected chi connectivity index (χ0v) is 16.8. The predicted molar refractivity (Wildman–Crippen MR) is 110 cm³/mol. The Morgan fingerprint density at radius 2 is 1.79 bits per heavy atom. The van der Waals surface area contributed by atoms with Gasteiger partial charge in [-0.1, -0.05) is 30.3 Å². The maximum absolute atomic E-state index is 12.6. The van der Waals surface area contributed by atoms with Gasteiger partial charge in [0.2, 0.25) is 0 Å². The number of nitrogens with one attached hydrogen (secondary N) is 1. The zero-order chi connectivity index (χ0) is 19.8. The fraction of sp³-hybridized carbons (Fsp3) is 0.435. The van der Waals surface area contributed by atoms with Gasteiger partial charge in [-0.25, -0.2) is 0 Å². The molecule has 1 heterocycles. The number of carbonyl (C=O) groups is 1. The van der Waals surface area contributed by atoms with E-state index in [0.29, 0.717) is 18.1 Å². The number of hydrogen-bond donors (Lipinski definition) is 1. The molecule has 0 saturated carbocycles. The lowest BCUT2D eigenvalue weighted by atomic mass is 9.96. The second kappa shape index (κ2) is 10.2. The first-order chi connectivity index (χ1) is 13.7. The molecule has 1 N–H and O–H groups in total. The smallest absolute Gasteiger partial charge is 0.251 e. The Balaban J connectivity index is 1.43. The first kappa shape index (κ1) is 20.4. The molecule has 1 amide bonds. The SMILES string of the molecule is COCc1ccccc1C(=O)NCC1CCN(Cc2ccc(OC)cc2)CC1. The number of amides is 1. The molecule has 2 aromatic carbocycles. The molecule has 1 fully saturated rings. The normalized spacial score (nSPS) is 15.4. The molecule has 0 aromatic heterocycles. The van der Waals surface area contributed by atoms with E-state index in [1.54, 1.807) is 14.2 Å². The minimum atomic E-state index is -0.00619. The molecule has 1 saturated heterocycles. The summed E-state index contributed by atoms with van der Waals surface area (Å²) in [6, 6.07) is 15.9. The lowest BCUT2D eigenvalue weighted by molar-refractivity contribution is 0.0930. The quantitative estimate of drug-likeness (QED) is 0.759. The third kappa shape index (κ3) is 5.57. The Labute approximate surface area is 167 Å². The van der Waals surface area contributed by atoms with Gasteiger partial charge in [0.25, 0.3) is 5.91 Å². The molecule has 0 bridgehead atoms. The minimum Gasteiger partial charge on any atom is -0.497 e. The van der Waals surface area contributed by atoms with E-state index in [4.69, 9.17) is 9.47 Å². The summed E-state index contributed by atoms with van der Waals surface area (Å²) in [5.74, 6) is 1.42. The van der Waals surface area contributed by atoms with Crippen molar-refractivity contribution in [1.82, 2.24) is 10.2 Å². The van der Waals surface area contributed by atoms with Crippen LogP contribution < -0.4 is 10.1 Å². The van der Waals surface area contributed by atoms with Crippen molar-refractivity contribution >= 4 is 5.91 Å². The van der Waals surface area contributed by atoms with E-state index in [2.05, 4.69) is 22.3 Å². The van der Waals surface area contributed by atoms with Crippen LogP contribution in [0.25, 0.3) is 0 Å². The maximum Gasteiger partial charge on any atom is 0.251 e. The van der Waals surface area contributed by atoms with Crippen LogP contribution in [0.4, 0.5) is 0 Å². The molecule has 0 radical (unpaired) electrons. The number of carbonyl (C=O) groups excluding carboxylic acids is 1. The topological polar surface area (TPSA) is 50.8 Å². The van der Waals surface area contributed by atoms with Gasteiger partial charge in [-0.05, 0) is 61.2 Å². The van der Waals surface area contributed by atoms with Gasteiger partial charge in [0.05, 0.1) is 13.7 Å². The van der Waals surface area contributed by atoms with Crippen LogP contribution in [0.5, 0.6) is 5.75 Å². The second-order valence-electron chi connectivity index (χ2n) is 7.37. The zero-order valence-electron chi connectivity index (χ0n) is 16.8. The Kier molecular flexibility index (Phi) is 7.46. The molecule has 0 spiro atoms. The first-order valence-corrected chi connectivity index (χ1v) is 9.90. The van der Waals surface area contributed by atoms with Crippen molar-refractivity contribution in [1.29, 1.82) is 0 Å². The number of ether oxygens (including phenoxy) is 2. The average molecular weight is 383 g/mol. The Morgan fingerprint density at radius 3 is 2.46 bits per heavy atom. The number of likely N-dealkylation sites (tertiary alicyclic amines) is 1. The highest BCUT2D eigenvalue weighted by Gasteiger charge is 2.20. The van der Waals surface area contributed by atoms with Gasteiger partial charge in [-0.2, -0.15) is 0 Å². The van der Waals surface area contributed by atoms with Crippen LogP contribution in [0.3, 0.4) is 0 Å². The first-order valence-electron chi connectivity index (χ1n) is 9.90. The lowest BCUT2D eigenvalue weighted by Crippen LogP contribution is -2.38. The molecule has 2 aromatic rings. The number of hydrogen-bond acceptors (Lipinski definition) is 4. The highest BCUT2D eigenvalue weighted by atomic mass is 16.5. The molecule has 0 unspecified atom stereocenters. The molecular formula is C23H30N2O3. The van der Waals surface area contributed by atoms with E-state index in [1.807, 2.05) is 36.4 Å². The van der Waals surface area contributed by atoms with Gasteiger partial charge in [-0.15, -0.1) is 0 Å². The summed E-state index contributed by atoms with van der Waals surface area (Å²) < 4.78 is 10.4. The molecule has 5 nitrogen and oxygen atoms in total. The van der Waals surface area contributed by atoms with E-state index < -0.39 is 0 Å². The van der Waals surface area contributed by atoms with Gasteiger partial charge in [0, 0.05) is 25.8 Å². The molecule has 1 aliphatic heterocycles. The fourth-order valence-electron chi connectivity index (χ4n) is 3.69. The van der Waals surface area contributed by atoms with Gasteiger partial charge >= 0.3 is 0 Å². The molecule has 150 valence electrons. The van der Waals surface area contributed by atoms with Crippen LogP contribution in [-0.4, -0.2) is 44.7 Å². The Bertz CT molecular complexity index is 753. The van der Waals surface area contributed by atoms with Crippen molar-refractivity contribution in [2.24, 2.45) is 5.92 Å². The number of benzene rings is 2. The monoisotopic (exact) mass is 382 g/mol. The van der Waals surface area contributed by atoms with Crippen molar-refractivity contribution in [2.75, 3.05) is 33.9 Å². The lowest BCUT2D eigenvalue weighted by Gasteiger charge is -2.32. The molecule has 1 aliphatic rings. The van der Waals surface area contributed by atoms with Crippen LogP contribution in [-0.2, 0) is 17.9 Å². The molecule has 5 heteroatoms. The molecule has 0 aliphatic carbocycles. The summed E-state index contributed by atoms with van der Waals surface area (Å²) in [5.41, 5.74) is 2.94. The predicted octanol–water partition coefficient (Wildman–Crippen LogP) is 3.48. The van der Waals surface area contributed by atoms with Crippen molar-refractivity contribution < 1.29 is 14.3 Å². The number of nitrogens with zero attached hydrogens (tertiary/aromatic N) is 1. The summed E-state index contributed by atoms with van der Waals surface area (Å²) >= 11 is 0. The summed E-state index contributed by atoms with van der Waals surface area (Å²) in [6.07, 6.45) is 2.21.